The Balaban J connectivity index is 0.00000108. The van der Waals surface area contributed by atoms with Crippen LogP contribution >= 0.6 is 0 Å². The number of aromatic nitrogens is 3. The highest BCUT2D eigenvalue weighted by Crippen LogP contribution is 2.39. The van der Waals surface area contributed by atoms with Crippen molar-refractivity contribution in [2.75, 3.05) is 13.1 Å². The highest BCUT2D eigenvalue weighted by atomic mass is 16.2. The van der Waals surface area contributed by atoms with Crippen LogP contribution < -0.4 is 5.32 Å². The molecule has 0 atom stereocenters. The molecule has 0 radical (unpaired) electrons. The predicted octanol–water partition coefficient (Wildman–Crippen LogP) is 5.92. The van der Waals surface area contributed by atoms with Gasteiger partial charge in [0.25, 0.3) is 11.8 Å². The Labute approximate surface area is 241 Å². The Morgan fingerprint density at radius 1 is 0.976 bits per heavy atom. The Morgan fingerprint density at radius 2 is 1.63 bits per heavy atom. The first-order valence-electron chi connectivity index (χ1n) is 14.1. The lowest BCUT2D eigenvalue weighted by molar-refractivity contribution is -0.122. The smallest absolute Gasteiger partial charge is 0.259 e. The van der Waals surface area contributed by atoms with Crippen molar-refractivity contribution in [3.8, 4) is 0 Å². The topological polar surface area (TPSA) is 72.2 Å². The van der Waals surface area contributed by atoms with E-state index in [1.807, 2.05) is 68.2 Å². The number of carbonyl (C=O) groups excluding carboxylic acids is 2. The number of carbonyl (C=O) groups is 2. The van der Waals surface area contributed by atoms with E-state index in [2.05, 4.69) is 51.3 Å². The molecule has 0 spiro atoms. The molecule has 7 nitrogen and oxygen atoms in total. The van der Waals surface area contributed by atoms with Crippen molar-refractivity contribution in [2.24, 2.45) is 7.05 Å². The molecule has 2 aliphatic rings. The standard InChI is InChI=1S/C31H31N5O2.C3H6/c1-4-26-20(2)24(18-34(26)3)28-29(31(38)33-30(28)37)25-19-36(27-11-6-5-10-23(25)27)22-12-15-35(16-13-22)17-21-9-7-8-14-32-21;1-3-2/h4-11,14,18-19,22H,1,12-13,15-17H2,2-3H3,(H,33,37,38);3H,1H2,2H3. The summed E-state index contributed by atoms with van der Waals surface area (Å²) in [6.45, 7) is 13.9. The summed E-state index contributed by atoms with van der Waals surface area (Å²) in [6.07, 6.45) is 11.4. The number of piperidine rings is 1. The van der Waals surface area contributed by atoms with E-state index in [4.69, 9.17) is 0 Å². The van der Waals surface area contributed by atoms with Crippen LogP contribution in [0.1, 0.15) is 53.9 Å². The third-order valence-corrected chi connectivity index (χ3v) is 7.96. The molecule has 6 rings (SSSR count). The zero-order valence-electron chi connectivity index (χ0n) is 24.1. The summed E-state index contributed by atoms with van der Waals surface area (Å²) in [5.41, 5.74) is 6.49. The zero-order valence-corrected chi connectivity index (χ0v) is 24.1. The van der Waals surface area contributed by atoms with Crippen LogP contribution in [-0.4, -0.2) is 43.9 Å². The van der Waals surface area contributed by atoms with E-state index in [0.29, 0.717) is 17.2 Å². The predicted molar refractivity (Wildman–Crippen MR) is 166 cm³/mol. The van der Waals surface area contributed by atoms with Crippen LogP contribution in [0.3, 0.4) is 0 Å². The van der Waals surface area contributed by atoms with Crippen molar-refractivity contribution >= 4 is 39.9 Å². The fourth-order valence-corrected chi connectivity index (χ4v) is 6.06. The normalized spacial score (nSPS) is 16.1. The molecule has 4 aromatic rings. The average Bonchev–Trinajstić information content (AvgIpc) is 3.59. The van der Waals surface area contributed by atoms with E-state index in [-0.39, 0.29) is 11.8 Å². The Bertz CT molecular complexity index is 1650. The number of benzene rings is 1. The van der Waals surface area contributed by atoms with Gasteiger partial charge in [-0.2, -0.15) is 0 Å². The minimum atomic E-state index is -0.353. The van der Waals surface area contributed by atoms with Crippen LogP contribution in [0.5, 0.6) is 0 Å². The molecule has 2 amide bonds. The molecule has 3 aromatic heterocycles. The van der Waals surface area contributed by atoms with Gasteiger partial charge in [0.05, 0.1) is 16.8 Å². The van der Waals surface area contributed by atoms with E-state index < -0.39 is 0 Å². The molecule has 210 valence electrons. The molecule has 1 N–H and O–H groups in total. The molecule has 0 saturated carbocycles. The SMILES string of the molecule is C=CC.C=Cc1c(C)c(C2=C(c3cn(C4CCN(Cc5ccccn5)CC4)c4ccccc34)C(=O)NC2=O)cn1C. The van der Waals surface area contributed by atoms with Crippen molar-refractivity contribution in [3.63, 3.8) is 0 Å². The summed E-state index contributed by atoms with van der Waals surface area (Å²) in [7, 11) is 1.93. The molecule has 7 heteroatoms. The van der Waals surface area contributed by atoms with E-state index in [1.165, 1.54) is 0 Å². The maximum Gasteiger partial charge on any atom is 0.259 e. The average molecular weight is 548 g/mol. The molecule has 2 aliphatic heterocycles. The summed E-state index contributed by atoms with van der Waals surface area (Å²) in [5.74, 6) is -0.699. The summed E-state index contributed by atoms with van der Waals surface area (Å²) < 4.78 is 4.26. The lowest BCUT2D eigenvalue weighted by Gasteiger charge is -2.33. The summed E-state index contributed by atoms with van der Waals surface area (Å²) in [4.78, 5) is 33.3. The van der Waals surface area contributed by atoms with Gasteiger partial charge in [-0.05, 0) is 56.5 Å². The van der Waals surface area contributed by atoms with E-state index >= 15 is 0 Å². The van der Waals surface area contributed by atoms with Gasteiger partial charge in [0, 0.05) is 79.0 Å². The van der Waals surface area contributed by atoms with Gasteiger partial charge in [0.1, 0.15) is 0 Å². The molecule has 1 saturated heterocycles. The lowest BCUT2D eigenvalue weighted by atomic mass is 9.95. The summed E-state index contributed by atoms with van der Waals surface area (Å²) >= 11 is 0. The molecular weight excluding hydrogens is 510 g/mol. The van der Waals surface area contributed by atoms with Crippen molar-refractivity contribution in [1.82, 2.24) is 24.3 Å². The quantitative estimate of drug-likeness (QED) is 0.240. The van der Waals surface area contributed by atoms with E-state index in [9.17, 15) is 9.59 Å². The molecule has 0 aliphatic carbocycles. The van der Waals surface area contributed by atoms with Crippen molar-refractivity contribution in [1.29, 1.82) is 0 Å². The fourth-order valence-electron chi connectivity index (χ4n) is 6.06. The number of fused-ring (bicyclic) bond motifs is 1. The fraction of sp³-hybridized carbons (Fsp3) is 0.265. The van der Waals surface area contributed by atoms with Gasteiger partial charge in [-0.15, -0.1) is 6.58 Å². The van der Waals surface area contributed by atoms with E-state index in [1.54, 1.807) is 12.2 Å². The molecule has 0 unspecified atom stereocenters. The Hall–Kier alpha value is -4.49. The van der Waals surface area contributed by atoms with Crippen LogP contribution in [0.25, 0.3) is 28.1 Å². The van der Waals surface area contributed by atoms with Gasteiger partial charge < -0.3 is 9.13 Å². The van der Waals surface area contributed by atoms with Crippen molar-refractivity contribution in [2.45, 2.75) is 39.3 Å². The van der Waals surface area contributed by atoms with Gasteiger partial charge in [0.2, 0.25) is 0 Å². The first-order chi connectivity index (χ1) is 19.9. The molecular formula is C34H37N5O2. The largest absolute Gasteiger partial charge is 0.350 e. The number of allylic oxidation sites excluding steroid dienone is 1. The summed E-state index contributed by atoms with van der Waals surface area (Å²) in [6, 6.07) is 14.5. The monoisotopic (exact) mass is 547 g/mol. The molecule has 1 aromatic carbocycles. The number of pyridine rings is 1. The number of nitrogens with zero attached hydrogens (tertiary/aromatic N) is 4. The van der Waals surface area contributed by atoms with Crippen molar-refractivity contribution in [3.05, 3.63) is 108 Å². The zero-order chi connectivity index (χ0) is 29.1. The number of amides is 2. The third kappa shape index (κ3) is 5.33. The molecule has 0 bridgehead atoms. The van der Waals surface area contributed by atoms with Crippen LogP contribution in [0.4, 0.5) is 0 Å². The van der Waals surface area contributed by atoms with Crippen molar-refractivity contribution < 1.29 is 9.59 Å². The van der Waals surface area contributed by atoms with Crippen LogP contribution in [0.2, 0.25) is 0 Å². The second-order valence-corrected chi connectivity index (χ2v) is 10.6. The van der Waals surface area contributed by atoms with Gasteiger partial charge in [-0.25, -0.2) is 0 Å². The van der Waals surface area contributed by atoms with Crippen LogP contribution in [0, 0.1) is 6.92 Å². The number of imide groups is 1. The number of aryl methyl sites for hydroxylation is 1. The number of rotatable bonds is 6. The third-order valence-electron chi connectivity index (χ3n) is 7.96. The minimum Gasteiger partial charge on any atom is -0.350 e. The maximum atomic E-state index is 13.2. The number of hydrogen-bond donors (Lipinski definition) is 1. The highest BCUT2D eigenvalue weighted by Gasteiger charge is 2.36. The number of hydrogen-bond acceptors (Lipinski definition) is 4. The van der Waals surface area contributed by atoms with Gasteiger partial charge >= 0.3 is 0 Å². The Morgan fingerprint density at radius 3 is 2.27 bits per heavy atom. The summed E-state index contributed by atoms with van der Waals surface area (Å²) in [5, 5.41) is 3.55. The van der Waals surface area contributed by atoms with Crippen LogP contribution in [-0.2, 0) is 23.2 Å². The lowest BCUT2D eigenvalue weighted by Crippen LogP contribution is -2.34. The molecule has 1 fully saturated rings. The molecule has 5 heterocycles. The van der Waals surface area contributed by atoms with Gasteiger partial charge in [0.15, 0.2) is 0 Å². The number of nitrogens with one attached hydrogen (secondary N) is 1. The first-order valence-corrected chi connectivity index (χ1v) is 14.1. The number of para-hydroxylation sites is 1. The first kappa shape index (κ1) is 28.1. The minimum absolute atomic E-state index is 0.309. The maximum absolute atomic E-state index is 13.2. The second kappa shape index (κ2) is 11.9. The van der Waals surface area contributed by atoms with Crippen LogP contribution in [0.15, 0.2) is 80.3 Å². The highest BCUT2D eigenvalue weighted by molar-refractivity contribution is 6.50. The molecule has 41 heavy (non-hydrogen) atoms. The van der Waals surface area contributed by atoms with Gasteiger partial charge in [-0.3, -0.25) is 24.8 Å². The van der Waals surface area contributed by atoms with E-state index in [0.717, 1.165) is 71.5 Å². The number of likely N-dealkylation sites (tertiary alicyclic amines) is 1. The van der Waals surface area contributed by atoms with Gasteiger partial charge in [-0.1, -0.05) is 36.9 Å². The Kier molecular flexibility index (Phi) is 8.17. The second-order valence-electron chi connectivity index (χ2n) is 10.6.